The molecule has 110 valence electrons. The van der Waals surface area contributed by atoms with Gasteiger partial charge in [-0.3, -0.25) is 14.9 Å². The molecular weight excluding hydrogens is 356 g/mol. The highest BCUT2D eigenvalue weighted by Crippen LogP contribution is 2.25. The highest BCUT2D eigenvalue weighted by atomic mass is 79.9. The van der Waals surface area contributed by atoms with Crippen LogP contribution >= 0.6 is 27.3 Å². The largest absolute Gasteiger partial charge is 0.337 e. The lowest BCUT2D eigenvalue weighted by molar-refractivity contribution is -0.385. The molecule has 0 atom stereocenters. The Balaban J connectivity index is 2.29. The molecule has 1 heterocycles. The number of carbonyl (C=O) groups is 1. The predicted molar refractivity (Wildman–Crippen MR) is 85.6 cm³/mol. The normalized spacial score (nSPS) is 10.4. The first-order valence-electron chi connectivity index (χ1n) is 6.12. The molecule has 21 heavy (non-hydrogen) atoms. The summed E-state index contributed by atoms with van der Waals surface area (Å²) in [6, 6.07) is 6.57. The van der Waals surface area contributed by atoms with Crippen LogP contribution < -0.4 is 0 Å². The number of carbonyl (C=O) groups excluding carboxylic acids is 1. The smallest absolute Gasteiger partial charge is 0.282 e. The molecule has 0 aliphatic rings. The van der Waals surface area contributed by atoms with Gasteiger partial charge in [-0.1, -0.05) is 12.1 Å². The molecule has 0 aliphatic heterocycles. The third-order valence-corrected chi connectivity index (χ3v) is 4.60. The van der Waals surface area contributed by atoms with Gasteiger partial charge in [0.15, 0.2) is 0 Å². The van der Waals surface area contributed by atoms with Crippen LogP contribution in [-0.4, -0.2) is 22.8 Å². The molecule has 5 nitrogen and oxygen atoms in total. The topological polar surface area (TPSA) is 63.5 Å². The van der Waals surface area contributed by atoms with E-state index in [0.29, 0.717) is 12.1 Å². The van der Waals surface area contributed by atoms with Crippen molar-refractivity contribution in [3.8, 4) is 0 Å². The van der Waals surface area contributed by atoms with Crippen molar-refractivity contribution in [2.45, 2.75) is 13.5 Å². The fraction of sp³-hybridized carbons (Fsp3) is 0.214. The number of hydrogen-bond donors (Lipinski definition) is 0. The van der Waals surface area contributed by atoms with E-state index in [1.54, 1.807) is 26.1 Å². The molecule has 0 spiro atoms. The monoisotopic (exact) mass is 368 g/mol. The van der Waals surface area contributed by atoms with Gasteiger partial charge in [-0.25, -0.2) is 0 Å². The zero-order chi connectivity index (χ0) is 15.6. The molecule has 0 saturated heterocycles. The van der Waals surface area contributed by atoms with E-state index < -0.39 is 4.92 Å². The molecule has 0 unspecified atom stereocenters. The highest BCUT2D eigenvalue weighted by Gasteiger charge is 2.24. The van der Waals surface area contributed by atoms with Gasteiger partial charge in [0.25, 0.3) is 11.6 Å². The molecular formula is C14H13BrN2O3S. The van der Waals surface area contributed by atoms with Crippen LogP contribution in [-0.2, 0) is 6.54 Å². The Morgan fingerprint density at radius 1 is 1.48 bits per heavy atom. The van der Waals surface area contributed by atoms with E-state index >= 15 is 0 Å². The van der Waals surface area contributed by atoms with Gasteiger partial charge in [0.1, 0.15) is 5.56 Å². The van der Waals surface area contributed by atoms with Crippen molar-refractivity contribution < 1.29 is 9.72 Å². The fourth-order valence-electron chi connectivity index (χ4n) is 2.05. The molecule has 1 aromatic heterocycles. The van der Waals surface area contributed by atoms with Crippen molar-refractivity contribution in [3.05, 3.63) is 60.2 Å². The summed E-state index contributed by atoms with van der Waals surface area (Å²) in [5, 5.41) is 13.0. The van der Waals surface area contributed by atoms with Gasteiger partial charge < -0.3 is 4.90 Å². The molecule has 0 N–H and O–H groups in total. The van der Waals surface area contributed by atoms with E-state index in [1.807, 2.05) is 11.4 Å². The van der Waals surface area contributed by atoms with Crippen molar-refractivity contribution in [2.75, 3.05) is 7.05 Å². The Bertz CT molecular complexity index is 699. The van der Waals surface area contributed by atoms with Gasteiger partial charge in [0, 0.05) is 19.7 Å². The van der Waals surface area contributed by atoms with Crippen LogP contribution in [0.2, 0.25) is 0 Å². The molecule has 0 radical (unpaired) electrons. The summed E-state index contributed by atoms with van der Waals surface area (Å²) in [4.78, 5) is 24.6. The van der Waals surface area contributed by atoms with Crippen LogP contribution in [0.25, 0.3) is 0 Å². The van der Waals surface area contributed by atoms with Gasteiger partial charge in [-0.05, 0) is 45.4 Å². The summed E-state index contributed by atoms with van der Waals surface area (Å²) in [5.74, 6) is -0.345. The molecule has 1 amide bonds. The maximum absolute atomic E-state index is 12.5. The van der Waals surface area contributed by atoms with Gasteiger partial charge in [-0.15, -0.1) is 11.3 Å². The summed E-state index contributed by atoms with van der Waals surface area (Å²) in [5.41, 5.74) is 1.59. The number of rotatable bonds is 4. The Hall–Kier alpha value is -1.73. The van der Waals surface area contributed by atoms with E-state index in [9.17, 15) is 14.9 Å². The van der Waals surface area contributed by atoms with Gasteiger partial charge in [-0.2, -0.15) is 0 Å². The number of aryl methyl sites for hydroxylation is 1. The second kappa shape index (κ2) is 6.36. The van der Waals surface area contributed by atoms with Crippen molar-refractivity contribution in [1.29, 1.82) is 0 Å². The van der Waals surface area contributed by atoms with Gasteiger partial charge in [0.2, 0.25) is 0 Å². The average molecular weight is 369 g/mol. The lowest BCUT2D eigenvalue weighted by atomic mass is 10.1. The Morgan fingerprint density at radius 3 is 2.76 bits per heavy atom. The van der Waals surface area contributed by atoms with Crippen molar-refractivity contribution >= 4 is 38.9 Å². The van der Waals surface area contributed by atoms with E-state index in [2.05, 4.69) is 15.9 Å². The Morgan fingerprint density at radius 2 is 2.19 bits per heavy atom. The number of thiophene rings is 1. The maximum atomic E-state index is 12.5. The molecule has 1 aromatic carbocycles. The van der Waals surface area contributed by atoms with Gasteiger partial charge in [0.05, 0.1) is 8.71 Å². The standard InChI is InChI=1S/C14H13BrN2O3S/c1-9-4-3-5-11(17(19)20)13(9)14(18)16(2)7-10-6-12(15)21-8-10/h3-6,8H,7H2,1-2H3. The van der Waals surface area contributed by atoms with Gasteiger partial charge >= 0.3 is 0 Å². The van der Waals surface area contributed by atoms with Crippen molar-refractivity contribution in [2.24, 2.45) is 0 Å². The zero-order valence-electron chi connectivity index (χ0n) is 11.5. The number of nitro benzene ring substituents is 1. The molecule has 2 rings (SSSR count). The number of hydrogen-bond acceptors (Lipinski definition) is 4. The van der Waals surface area contributed by atoms with Crippen molar-refractivity contribution in [3.63, 3.8) is 0 Å². The number of halogens is 1. The summed E-state index contributed by atoms with van der Waals surface area (Å²) in [6.07, 6.45) is 0. The van der Waals surface area contributed by atoms with Crippen LogP contribution in [0.1, 0.15) is 21.5 Å². The molecule has 7 heteroatoms. The van der Waals surface area contributed by atoms with Crippen LogP contribution in [0.5, 0.6) is 0 Å². The minimum Gasteiger partial charge on any atom is -0.337 e. The number of nitrogens with zero attached hydrogens (tertiary/aromatic N) is 2. The second-order valence-corrected chi connectivity index (χ2v) is 6.94. The van der Waals surface area contributed by atoms with E-state index in [4.69, 9.17) is 0 Å². The predicted octanol–water partition coefficient (Wildman–Crippen LogP) is 4.00. The van der Waals surface area contributed by atoms with Crippen LogP contribution in [0.15, 0.2) is 33.4 Å². The van der Waals surface area contributed by atoms with E-state index in [0.717, 1.165) is 9.35 Å². The number of amides is 1. The number of nitro groups is 1. The SMILES string of the molecule is Cc1cccc([N+](=O)[O-])c1C(=O)N(C)Cc1csc(Br)c1. The molecule has 2 aromatic rings. The summed E-state index contributed by atoms with van der Waals surface area (Å²) in [7, 11) is 1.64. The lowest BCUT2D eigenvalue weighted by Crippen LogP contribution is -2.27. The first-order chi connectivity index (χ1) is 9.90. The summed E-state index contributed by atoms with van der Waals surface area (Å²) < 4.78 is 0.986. The zero-order valence-corrected chi connectivity index (χ0v) is 13.9. The van der Waals surface area contributed by atoms with Crippen molar-refractivity contribution in [1.82, 2.24) is 4.90 Å². The molecule has 0 aliphatic carbocycles. The summed E-state index contributed by atoms with van der Waals surface area (Å²) in [6.45, 7) is 2.11. The molecule has 0 bridgehead atoms. The lowest BCUT2D eigenvalue weighted by Gasteiger charge is -2.17. The Labute approximate surface area is 134 Å². The third-order valence-electron chi connectivity index (χ3n) is 3.05. The maximum Gasteiger partial charge on any atom is 0.282 e. The second-order valence-electron chi connectivity index (χ2n) is 4.65. The Kier molecular flexibility index (Phi) is 4.74. The average Bonchev–Trinajstić information content (AvgIpc) is 2.82. The van der Waals surface area contributed by atoms with Crippen LogP contribution in [0.3, 0.4) is 0 Å². The minimum atomic E-state index is -0.519. The third kappa shape index (κ3) is 3.48. The van der Waals surface area contributed by atoms with Crippen LogP contribution in [0, 0.1) is 17.0 Å². The van der Waals surface area contributed by atoms with E-state index in [-0.39, 0.29) is 17.2 Å². The van der Waals surface area contributed by atoms with Crippen LogP contribution in [0.4, 0.5) is 5.69 Å². The summed E-state index contributed by atoms with van der Waals surface area (Å²) >= 11 is 4.91. The number of benzene rings is 1. The first kappa shape index (κ1) is 15.7. The highest BCUT2D eigenvalue weighted by molar-refractivity contribution is 9.11. The van der Waals surface area contributed by atoms with E-state index in [1.165, 1.54) is 22.3 Å². The quantitative estimate of drug-likeness (QED) is 0.605. The fourth-order valence-corrected chi connectivity index (χ4v) is 3.25. The molecule has 0 fully saturated rings. The first-order valence-corrected chi connectivity index (χ1v) is 7.79. The molecule has 0 saturated carbocycles. The minimum absolute atomic E-state index is 0.152.